The molecule has 2 unspecified atom stereocenters. The first-order valence-electron chi connectivity index (χ1n) is 4.26. The van der Waals surface area contributed by atoms with Gasteiger partial charge in [0.05, 0.1) is 0 Å². The third kappa shape index (κ3) is 2.01. The third-order valence-electron chi connectivity index (χ3n) is 2.91. The molecular weight excluding hydrogens is 190 g/mol. The van der Waals surface area contributed by atoms with Crippen LogP contribution in [0, 0.1) is 5.41 Å². The average Bonchev–Trinajstić information content (AvgIpc) is 2.04. The summed E-state index contributed by atoms with van der Waals surface area (Å²) in [4.78, 5) is 0. The molecule has 0 saturated heterocycles. The molecule has 0 aliphatic heterocycles. The van der Waals surface area contributed by atoms with Gasteiger partial charge in [-0.1, -0.05) is 13.8 Å². The fourth-order valence-corrected chi connectivity index (χ4v) is 2.30. The Labute approximate surface area is 79.3 Å². The molecule has 1 saturated carbocycles. The molecule has 0 aromatic carbocycles. The molecule has 4 N–H and O–H groups in total. The molecule has 0 amide bonds. The zero-order chi connectivity index (χ0) is 10.3. The molecule has 0 aromatic heterocycles. The highest BCUT2D eigenvalue weighted by Gasteiger charge is 2.47. The Balaban J connectivity index is 2.60. The molecule has 2 atom stereocenters. The molecule has 5 nitrogen and oxygen atoms in total. The smallest absolute Gasteiger partial charge is 0.276 e. The molecule has 1 rings (SSSR count). The lowest BCUT2D eigenvalue weighted by molar-refractivity contribution is 0.0901. The first kappa shape index (κ1) is 10.9. The summed E-state index contributed by atoms with van der Waals surface area (Å²) >= 11 is 0. The van der Waals surface area contributed by atoms with E-state index >= 15 is 0 Å². The van der Waals surface area contributed by atoms with Gasteiger partial charge in [0.25, 0.3) is 10.2 Å². The molecule has 1 aliphatic rings. The fraction of sp³-hybridized carbons (Fsp3) is 1.00. The number of hydrogen-bond acceptors (Lipinski definition) is 3. The van der Waals surface area contributed by atoms with Gasteiger partial charge in [0.2, 0.25) is 0 Å². The molecule has 0 aromatic rings. The minimum Gasteiger partial charge on any atom is -0.327 e. The van der Waals surface area contributed by atoms with Gasteiger partial charge in [0.15, 0.2) is 0 Å². The van der Waals surface area contributed by atoms with Gasteiger partial charge in [-0.15, -0.1) is 0 Å². The van der Waals surface area contributed by atoms with E-state index in [1.807, 2.05) is 13.8 Å². The van der Waals surface area contributed by atoms with Gasteiger partial charge in [-0.3, -0.25) is 0 Å². The van der Waals surface area contributed by atoms with Gasteiger partial charge in [-0.05, 0) is 11.8 Å². The quantitative estimate of drug-likeness (QED) is 0.564. The van der Waals surface area contributed by atoms with Crippen molar-refractivity contribution in [3.8, 4) is 0 Å². The van der Waals surface area contributed by atoms with Crippen LogP contribution in [0.3, 0.4) is 0 Å². The number of nitrogens with one attached hydrogen (secondary N) is 2. The van der Waals surface area contributed by atoms with E-state index in [9.17, 15) is 8.42 Å². The molecular formula is C7H17N3O2S. The predicted octanol–water partition coefficient (Wildman–Crippen LogP) is -0.834. The Morgan fingerprint density at radius 2 is 2.00 bits per heavy atom. The summed E-state index contributed by atoms with van der Waals surface area (Å²) in [5, 5.41) is 0. The first-order chi connectivity index (χ1) is 5.79. The lowest BCUT2D eigenvalue weighted by Crippen LogP contribution is -2.65. The maximum Gasteiger partial charge on any atom is 0.276 e. The number of nitrogens with two attached hydrogens (primary N) is 1. The highest BCUT2D eigenvalue weighted by atomic mass is 32.2. The van der Waals surface area contributed by atoms with Crippen LogP contribution in [0.5, 0.6) is 0 Å². The number of rotatable bonds is 3. The second-order valence-electron chi connectivity index (χ2n) is 4.04. The summed E-state index contributed by atoms with van der Waals surface area (Å²) in [6.45, 7) is 3.92. The van der Waals surface area contributed by atoms with Crippen molar-refractivity contribution in [2.45, 2.75) is 32.4 Å². The molecule has 13 heavy (non-hydrogen) atoms. The van der Waals surface area contributed by atoms with E-state index in [1.54, 1.807) is 0 Å². The van der Waals surface area contributed by atoms with Gasteiger partial charge < -0.3 is 5.73 Å². The minimum absolute atomic E-state index is 0.0556. The van der Waals surface area contributed by atoms with Gasteiger partial charge in [0, 0.05) is 19.1 Å². The van der Waals surface area contributed by atoms with Crippen molar-refractivity contribution in [2.75, 3.05) is 7.05 Å². The first-order valence-corrected chi connectivity index (χ1v) is 5.74. The Bertz CT molecular complexity index is 286. The highest BCUT2D eigenvalue weighted by Crippen LogP contribution is 2.39. The van der Waals surface area contributed by atoms with E-state index in [-0.39, 0.29) is 17.5 Å². The lowest BCUT2D eigenvalue weighted by atomic mass is 9.64. The van der Waals surface area contributed by atoms with Crippen LogP contribution in [0.4, 0.5) is 0 Å². The largest absolute Gasteiger partial charge is 0.327 e. The Morgan fingerprint density at radius 3 is 2.31 bits per heavy atom. The molecule has 1 fully saturated rings. The molecule has 1 aliphatic carbocycles. The summed E-state index contributed by atoms with van der Waals surface area (Å²) in [5.74, 6) is 0. The van der Waals surface area contributed by atoms with Crippen LogP contribution in [-0.4, -0.2) is 27.5 Å². The van der Waals surface area contributed by atoms with Crippen molar-refractivity contribution in [3.63, 3.8) is 0 Å². The Hall–Kier alpha value is -0.170. The van der Waals surface area contributed by atoms with E-state index in [1.165, 1.54) is 7.05 Å². The van der Waals surface area contributed by atoms with Crippen LogP contribution in [0.25, 0.3) is 0 Å². The van der Waals surface area contributed by atoms with Gasteiger partial charge in [0.1, 0.15) is 0 Å². The van der Waals surface area contributed by atoms with Crippen LogP contribution in [-0.2, 0) is 10.2 Å². The van der Waals surface area contributed by atoms with E-state index < -0.39 is 10.2 Å². The van der Waals surface area contributed by atoms with Crippen molar-refractivity contribution in [1.29, 1.82) is 0 Å². The summed E-state index contributed by atoms with van der Waals surface area (Å²) in [7, 11) is -1.95. The van der Waals surface area contributed by atoms with Gasteiger partial charge >= 0.3 is 0 Å². The Morgan fingerprint density at radius 1 is 1.46 bits per heavy atom. The average molecular weight is 207 g/mol. The molecule has 0 heterocycles. The summed E-state index contributed by atoms with van der Waals surface area (Å²) < 4.78 is 27.0. The monoisotopic (exact) mass is 207 g/mol. The van der Waals surface area contributed by atoms with Crippen molar-refractivity contribution >= 4 is 10.2 Å². The molecule has 0 spiro atoms. The standard InChI is InChI=1S/C7H17N3O2S/c1-7(2)5(8)4-6(7)10-13(11,12)9-3/h5-6,9-10H,4,8H2,1-3H3. The minimum atomic E-state index is -3.33. The summed E-state index contributed by atoms with van der Waals surface area (Å²) in [6.07, 6.45) is 0.702. The maximum atomic E-state index is 11.1. The number of hydrogen-bond donors (Lipinski definition) is 3. The van der Waals surface area contributed by atoms with Crippen molar-refractivity contribution in [2.24, 2.45) is 11.1 Å². The van der Waals surface area contributed by atoms with Crippen LogP contribution >= 0.6 is 0 Å². The lowest BCUT2D eigenvalue weighted by Gasteiger charge is -2.50. The molecule has 6 heteroatoms. The molecule has 78 valence electrons. The van der Waals surface area contributed by atoms with Crippen LogP contribution < -0.4 is 15.2 Å². The van der Waals surface area contributed by atoms with Gasteiger partial charge in [-0.25, -0.2) is 4.72 Å². The van der Waals surface area contributed by atoms with E-state index in [0.29, 0.717) is 6.42 Å². The van der Waals surface area contributed by atoms with Crippen molar-refractivity contribution in [1.82, 2.24) is 9.44 Å². The van der Waals surface area contributed by atoms with Crippen LogP contribution in [0.15, 0.2) is 0 Å². The molecule has 0 bridgehead atoms. The predicted molar refractivity (Wildman–Crippen MR) is 51.3 cm³/mol. The highest BCUT2D eigenvalue weighted by molar-refractivity contribution is 7.87. The van der Waals surface area contributed by atoms with Crippen molar-refractivity contribution < 1.29 is 8.42 Å². The van der Waals surface area contributed by atoms with E-state index in [0.717, 1.165) is 0 Å². The zero-order valence-corrected chi connectivity index (χ0v) is 8.98. The topological polar surface area (TPSA) is 84.2 Å². The van der Waals surface area contributed by atoms with Crippen LogP contribution in [0.2, 0.25) is 0 Å². The van der Waals surface area contributed by atoms with Crippen molar-refractivity contribution in [3.05, 3.63) is 0 Å². The van der Waals surface area contributed by atoms with E-state index in [2.05, 4.69) is 9.44 Å². The second kappa shape index (κ2) is 3.20. The Kier molecular flexibility index (Phi) is 2.68. The normalized spacial score (nSPS) is 32.6. The molecule has 0 radical (unpaired) electrons. The summed E-state index contributed by atoms with van der Waals surface area (Å²) in [5.41, 5.74) is 5.60. The van der Waals surface area contributed by atoms with Crippen LogP contribution in [0.1, 0.15) is 20.3 Å². The second-order valence-corrected chi connectivity index (χ2v) is 5.69. The maximum absolute atomic E-state index is 11.1. The third-order valence-corrected chi connectivity index (χ3v) is 4.04. The SMILES string of the molecule is CNS(=O)(=O)NC1CC(N)C1(C)C. The zero-order valence-electron chi connectivity index (χ0n) is 8.16. The van der Waals surface area contributed by atoms with Gasteiger partial charge in [-0.2, -0.15) is 13.1 Å². The summed E-state index contributed by atoms with van der Waals surface area (Å²) in [6, 6.07) is 0.0250. The van der Waals surface area contributed by atoms with E-state index in [4.69, 9.17) is 5.73 Å². The fourth-order valence-electron chi connectivity index (χ4n) is 1.41.